The largest absolute Gasteiger partial charge is 0.377 e. The van der Waals surface area contributed by atoms with Crippen molar-refractivity contribution >= 4 is 0 Å². The van der Waals surface area contributed by atoms with Crippen LogP contribution >= 0.6 is 0 Å². The molecule has 1 N–H and O–H groups in total. The predicted octanol–water partition coefficient (Wildman–Crippen LogP) is 2.54. The Balaban J connectivity index is 2.03. The Labute approximate surface area is 96.8 Å². The van der Waals surface area contributed by atoms with Crippen molar-refractivity contribution < 1.29 is 9.13 Å². The summed E-state index contributed by atoms with van der Waals surface area (Å²) < 4.78 is 17.4. The summed E-state index contributed by atoms with van der Waals surface area (Å²) in [5, 5.41) is 3.08. The number of halogens is 1. The van der Waals surface area contributed by atoms with E-state index in [-0.39, 0.29) is 6.67 Å². The Kier molecular flexibility index (Phi) is 6.77. The molecule has 3 heteroatoms. The molecule has 0 amide bonds. The van der Waals surface area contributed by atoms with E-state index in [2.05, 4.69) is 5.32 Å². The SMILES string of the molecule is CC(CCOCc1ccccc1)NCCF. The molecule has 1 unspecified atom stereocenters. The summed E-state index contributed by atoms with van der Waals surface area (Å²) in [6.07, 6.45) is 0.910. The van der Waals surface area contributed by atoms with Gasteiger partial charge in [0.1, 0.15) is 6.67 Å². The van der Waals surface area contributed by atoms with Crippen molar-refractivity contribution in [3.8, 4) is 0 Å². The average molecular weight is 225 g/mol. The van der Waals surface area contributed by atoms with E-state index in [4.69, 9.17) is 4.74 Å². The molecule has 0 aromatic heterocycles. The minimum absolute atomic E-state index is 0.310. The molecule has 2 nitrogen and oxygen atoms in total. The Morgan fingerprint density at radius 2 is 2.06 bits per heavy atom. The molecule has 1 rings (SSSR count). The van der Waals surface area contributed by atoms with Crippen LogP contribution in [0.25, 0.3) is 0 Å². The van der Waals surface area contributed by atoms with Crippen LogP contribution in [0.4, 0.5) is 4.39 Å². The van der Waals surface area contributed by atoms with Crippen molar-refractivity contribution in [3.05, 3.63) is 35.9 Å². The minimum Gasteiger partial charge on any atom is -0.377 e. The second-order valence-electron chi connectivity index (χ2n) is 3.87. The smallest absolute Gasteiger partial charge is 0.102 e. The Morgan fingerprint density at radius 1 is 1.31 bits per heavy atom. The first-order valence-corrected chi connectivity index (χ1v) is 5.74. The third-order valence-corrected chi connectivity index (χ3v) is 2.39. The Bertz CT molecular complexity index is 266. The summed E-state index contributed by atoms with van der Waals surface area (Å²) in [7, 11) is 0. The maximum absolute atomic E-state index is 11.9. The molecule has 0 aliphatic heterocycles. The average Bonchev–Trinajstić information content (AvgIpc) is 2.33. The summed E-state index contributed by atoms with van der Waals surface area (Å²) in [5.74, 6) is 0. The van der Waals surface area contributed by atoms with Crippen LogP contribution in [-0.2, 0) is 11.3 Å². The van der Waals surface area contributed by atoms with E-state index in [9.17, 15) is 4.39 Å². The minimum atomic E-state index is -0.310. The Morgan fingerprint density at radius 3 is 2.75 bits per heavy atom. The van der Waals surface area contributed by atoms with Crippen LogP contribution in [0.1, 0.15) is 18.9 Å². The molecular formula is C13H20FNO. The van der Waals surface area contributed by atoms with Gasteiger partial charge in [0.05, 0.1) is 6.61 Å². The predicted molar refractivity (Wildman–Crippen MR) is 64.2 cm³/mol. The lowest BCUT2D eigenvalue weighted by Crippen LogP contribution is -2.29. The molecule has 0 heterocycles. The highest BCUT2D eigenvalue weighted by Crippen LogP contribution is 2.01. The fourth-order valence-electron chi connectivity index (χ4n) is 1.43. The summed E-state index contributed by atoms with van der Waals surface area (Å²) in [6, 6.07) is 10.4. The molecule has 0 spiro atoms. The molecule has 0 saturated heterocycles. The summed E-state index contributed by atoms with van der Waals surface area (Å²) in [6.45, 7) is 3.52. The maximum Gasteiger partial charge on any atom is 0.102 e. The monoisotopic (exact) mass is 225 g/mol. The van der Waals surface area contributed by atoms with Crippen LogP contribution in [0.5, 0.6) is 0 Å². The van der Waals surface area contributed by atoms with Gasteiger partial charge in [-0.1, -0.05) is 30.3 Å². The highest BCUT2D eigenvalue weighted by Gasteiger charge is 2.00. The van der Waals surface area contributed by atoms with Crippen molar-refractivity contribution in [3.63, 3.8) is 0 Å². The molecule has 0 saturated carbocycles. The van der Waals surface area contributed by atoms with Crippen molar-refractivity contribution in [2.24, 2.45) is 0 Å². The van der Waals surface area contributed by atoms with Gasteiger partial charge in [0.2, 0.25) is 0 Å². The van der Waals surface area contributed by atoms with Crippen LogP contribution in [0.15, 0.2) is 30.3 Å². The number of hydrogen-bond donors (Lipinski definition) is 1. The van der Waals surface area contributed by atoms with Crippen molar-refractivity contribution in [1.82, 2.24) is 5.32 Å². The zero-order chi connectivity index (χ0) is 11.6. The lowest BCUT2D eigenvalue weighted by Gasteiger charge is -2.12. The standard InChI is InChI=1S/C13H20FNO/c1-12(15-9-8-14)7-10-16-11-13-5-3-2-4-6-13/h2-6,12,15H,7-11H2,1H3. The molecule has 16 heavy (non-hydrogen) atoms. The first-order valence-electron chi connectivity index (χ1n) is 5.74. The van der Waals surface area contributed by atoms with E-state index in [1.54, 1.807) is 0 Å². The van der Waals surface area contributed by atoms with Crippen LogP contribution in [0.3, 0.4) is 0 Å². The number of ether oxygens (including phenoxy) is 1. The highest BCUT2D eigenvalue weighted by atomic mass is 19.1. The molecule has 0 radical (unpaired) electrons. The highest BCUT2D eigenvalue weighted by molar-refractivity contribution is 5.13. The first kappa shape index (κ1) is 13.1. The van der Waals surface area contributed by atoms with Crippen molar-refractivity contribution in [1.29, 1.82) is 0 Å². The molecular weight excluding hydrogens is 205 g/mol. The van der Waals surface area contributed by atoms with Gasteiger partial charge in [0.25, 0.3) is 0 Å². The van der Waals surface area contributed by atoms with E-state index in [1.165, 1.54) is 5.56 Å². The summed E-state index contributed by atoms with van der Waals surface area (Å²) in [5.41, 5.74) is 1.19. The molecule has 0 aliphatic rings. The van der Waals surface area contributed by atoms with Gasteiger partial charge in [0.15, 0.2) is 0 Å². The van der Waals surface area contributed by atoms with Crippen LogP contribution < -0.4 is 5.32 Å². The van der Waals surface area contributed by atoms with Gasteiger partial charge in [-0.05, 0) is 18.9 Å². The van der Waals surface area contributed by atoms with Crippen LogP contribution in [0.2, 0.25) is 0 Å². The molecule has 0 fully saturated rings. The number of rotatable bonds is 8. The van der Waals surface area contributed by atoms with Gasteiger partial charge in [-0.3, -0.25) is 0 Å². The third kappa shape index (κ3) is 5.83. The Hall–Kier alpha value is -0.930. The van der Waals surface area contributed by atoms with E-state index in [0.29, 0.717) is 25.8 Å². The fourth-order valence-corrected chi connectivity index (χ4v) is 1.43. The lowest BCUT2D eigenvalue weighted by molar-refractivity contribution is 0.112. The van der Waals surface area contributed by atoms with Crippen LogP contribution in [0, 0.1) is 0 Å². The topological polar surface area (TPSA) is 21.3 Å². The zero-order valence-corrected chi connectivity index (χ0v) is 9.79. The van der Waals surface area contributed by atoms with Gasteiger partial charge in [-0.2, -0.15) is 0 Å². The zero-order valence-electron chi connectivity index (χ0n) is 9.79. The van der Waals surface area contributed by atoms with E-state index < -0.39 is 0 Å². The summed E-state index contributed by atoms with van der Waals surface area (Å²) in [4.78, 5) is 0. The van der Waals surface area contributed by atoms with Crippen LogP contribution in [-0.4, -0.2) is 25.9 Å². The third-order valence-electron chi connectivity index (χ3n) is 2.39. The molecule has 1 aromatic carbocycles. The van der Waals surface area contributed by atoms with E-state index in [0.717, 1.165) is 6.42 Å². The normalized spacial score (nSPS) is 12.6. The molecule has 1 atom stereocenters. The van der Waals surface area contributed by atoms with Gasteiger partial charge >= 0.3 is 0 Å². The van der Waals surface area contributed by atoms with E-state index >= 15 is 0 Å². The van der Waals surface area contributed by atoms with Crippen molar-refractivity contribution in [2.75, 3.05) is 19.8 Å². The maximum atomic E-state index is 11.9. The molecule has 0 bridgehead atoms. The molecule has 0 aliphatic carbocycles. The van der Waals surface area contributed by atoms with E-state index in [1.807, 2.05) is 37.3 Å². The van der Waals surface area contributed by atoms with Crippen molar-refractivity contribution in [2.45, 2.75) is 26.0 Å². The number of nitrogens with one attached hydrogen (secondary N) is 1. The lowest BCUT2D eigenvalue weighted by atomic mass is 10.2. The first-order chi connectivity index (χ1) is 7.83. The van der Waals surface area contributed by atoms with Gasteiger partial charge < -0.3 is 10.1 Å². The van der Waals surface area contributed by atoms with Gasteiger partial charge in [-0.25, -0.2) is 4.39 Å². The van der Waals surface area contributed by atoms with Gasteiger partial charge in [-0.15, -0.1) is 0 Å². The number of alkyl halides is 1. The molecule has 90 valence electrons. The second kappa shape index (κ2) is 8.25. The fraction of sp³-hybridized carbons (Fsp3) is 0.538. The van der Waals surface area contributed by atoms with Gasteiger partial charge in [0, 0.05) is 19.2 Å². The number of benzene rings is 1. The summed E-state index contributed by atoms with van der Waals surface area (Å²) >= 11 is 0. The number of hydrogen-bond acceptors (Lipinski definition) is 2. The quantitative estimate of drug-likeness (QED) is 0.686. The molecule has 1 aromatic rings. The second-order valence-corrected chi connectivity index (χ2v) is 3.87.